The number of morpholine rings is 1. The fourth-order valence-electron chi connectivity index (χ4n) is 3.55. The number of ether oxygens (including phenoxy) is 1. The zero-order chi connectivity index (χ0) is 22.1. The molecule has 0 saturated carbocycles. The molecule has 2 N–H and O–H groups in total. The Morgan fingerprint density at radius 2 is 1.97 bits per heavy atom. The Balaban J connectivity index is 1.58. The minimum Gasteiger partial charge on any atom is -0.379 e. The van der Waals surface area contributed by atoms with Crippen LogP contribution in [0.4, 0.5) is 0 Å². The van der Waals surface area contributed by atoms with Crippen LogP contribution in [0.2, 0.25) is 0 Å². The molecule has 1 saturated heterocycles. The number of rotatable bonds is 10. The molecule has 2 aromatic heterocycles. The third-order valence-corrected chi connectivity index (χ3v) is 5.80. The summed E-state index contributed by atoms with van der Waals surface area (Å²) in [6.45, 7) is 12.5. The van der Waals surface area contributed by atoms with Gasteiger partial charge >= 0.3 is 0 Å². The topological polar surface area (TPSA) is 106 Å². The maximum Gasteiger partial charge on any atom is 0.192 e. The molecule has 0 unspecified atom stereocenters. The van der Waals surface area contributed by atoms with Crippen molar-refractivity contribution in [1.29, 1.82) is 0 Å². The Morgan fingerprint density at radius 1 is 1.19 bits per heavy atom. The molecule has 10 heteroatoms. The first-order chi connectivity index (χ1) is 15.1. The van der Waals surface area contributed by atoms with Gasteiger partial charge in [0.1, 0.15) is 12.4 Å². The molecule has 0 atom stereocenters. The van der Waals surface area contributed by atoms with E-state index >= 15 is 0 Å². The molecule has 0 bridgehead atoms. The van der Waals surface area contributed by atoms with Gasteiger partial charge in [-0.05, 0) is 19.8 Å². The van der Waals surface area contributed by atoms with Gasteiger partial charge in [0, 0.05) is 45.2 Å². The second kappa shape index (κ2) is 11.8. The van der Waals surface area contributed by atoms with E-state index in [4.69, 9.17) is 14.3 Å². The molecule has 1 fully saturated rings. The lowest BCUT2D eigenvalue weighted by atomic mass is 9.99. The lowest BCUT2D eigenvalue weighted by Crippen LogP contribution is -2.44. The smallest absolute Gasteiger partial charge is 0.192 e. The van der Waals surface area contributed by atoms with Gasteiger partial charge in [-0.2, -0.15) is 0 Å². The van der Waals surface area contributed by atoms with Crippen molar-refractivity contribution in [1.82, 2.24) is 35.5 Å². The summed E-state index contributed by atoms with van der Waals surface area (Å²) in [6, 6.07) is 2.04. The van der Waals surface area contributed by atoms with Crippen LogP contribution >= 0.6 is 0 Å². The molecule has 10 nitrogen and oxygen atoms in total. The molecule has 3 heterocycles. The number of aliphatic imine (C=N–C) groups is 1. The van der Waals surface area contributed by atoms with Gasteiger partial charge in [-0.1, -0.05) is 19.0 Å². The van der Waals surface area contributed by atoms with Crippen LogP contribution in [0.1, 0.15) is 55.7 Å². The third kappa shape index (κ3) is 6.76. The van der Waals surface area contributed by atoms with E-state index < -0.39 is 0 Å². The highest BCUT2D eigenvalue weighted by molar-refractivity contribution is 5.79. The molecule has 0 amide bonds. The molecule has 172 valence electrons. The van der Waals surface area contributed by atoms with Crippen LogP contribution in [0.5, 0.6) is 0 Å². The molecule has 1 aliphatic heterocycles. The predicted molar refractivity (Wildman–Crippen MR) is 119 cm³/mol. The first-order valence-electron chi connectivity index (χ1n) is 11.2. The summed E-state index contributed by atoms with van der Waals surface area (Å²) >= 11 is 0. The molecule has 0 spiro atoms. The van der Waals surface area contributed by atoms with Crippen molar-refractivity contribution >= 4 is 5.96 Å². The maximum absolute atomic E-state index is 5.54. The lowest BCUT2D eigenvalue weighted by Gasteiger charge is -2.26. The van der Waals surface area contributed by atoms with Gasteiger partial charge in [0.25, 0.3) is 0 Å². The van der Waals surface area contributed by atoms with Gasteiger partial charge in [-0.3, -0.25) is 4.90 Å². The molecule has 31 heavy (non-hydrogen) atoms. The van der Waals surface area contributed by atoms with Crippen LogP contribution in [0.15, 0.2) is 15.6 Å². The minimum atomic E-state index is 0.441. The number of guanidine groups is 1. The standard InChI is InChI=1S/C21H36N8O2/c1-5-17(6-2)19-13-18(31-27-19)14-23-21(22-7-8-29-9-11-30-12-10-29)24-15-20-26-25-16(3)28(20)4/h13,17H,5-12,14-15H2,1-4H3,(H2,22,23,24). The van der Waals surface area contributed by atoms with Crippen molar-refractivity contribution in [2.75, 3.05) is 39.4 Å². The Kier molecular flexibility index (Phi) is 8.84. The van der Waals surface area contributed by atoms with E-state index in [0.717, 1.165) is 81.3 Å². The molecule has 2 aromatic rings. The fraction of sp³-hybridized carbons (Fsp3) is 0.714. The summed E-state index contributed by atoms with van der Waals surface area (Å²) in [5.41, 5.74) is 1.02. The monoisotopic (exact) mass is 432 g/mol. The summed E-state index contributed by atoms with van der Waals surface area (Å²) in [7, 11) is 1.95. The first kappa shape index (κ1) is 23.2. The normalized spacial score (nSPS) is 15.6. The van der Waals surface area contributed by atoms with Crippen LogP contribution in [-0.4, -0.2) is 70.2 Å². The maximum atomic E-state index is 5.54. The average Bonchev–Trinajstić information content (AvgIpc) is 3.38. The van der Waals surface area contributed by atoms with Gasteiger partial charge < -0.3 is 24.5 Å². The van der Waals surface area contributed by atoms with Crippen LogP contribution in [-0.2, 0) is 24.9 Å². The average molecular weight is 433 g/mol. The highest BCUT2D eigenvalue weighted by Gasteiger charge is 2.14. The Hall–Kier alpha value is -2.46. The van der Waals surface area contributed by atoms with Gasteiger partial charge in [0.15, 0.2) is 17.5 Å². The van der Waals surface area contributed by atoms with Gasteiger partial charge in [-0.25, -0.2) is 4.99 Å². The van der Waals surface area contributed by atoms with Crippen molar-refractivity contribution < 1.29 is 9.26 Å². The molecule has 0 aromatic carbocycles. The first-order valence-corrected chi connectivity index (χ1v) is 11.2. The summed E-state index contributed by atoms with van der Waals surface area (Å²) in [5.74, 6) is 3.66. The van der Waals surface area contributed by atoms with Crippen LogP contribution in [0.25, 0.3) is 0 Å². The Bertz CT molecular complexity index is 821. The quantitative estimate of drug-likeness (QED) is 0.431. The fourth-order valence-corrected chi connectivity index (χ4v) is 3.55. The second-order valence-corrected chi connectivity index (χ2v) is 7.85. The highest BCUT2D eigenvalue weighted by Crippen LogP contribution is 2.22. The molecule has 1 aliphatic rings. The van der Waals surface area contributed by atoms with E-state index in [9.17, 15) is 0 Å². The van der Waals surface area contributed by atoms with Gasteiger partial charge in [0.05, 0.1) is 25.5 Å². The van der Waals surface area contributed by atoms with Crippen LogP contribution in [0, 0.1) is 6.92 Å². The van der Waals surface area contributed by atoms with E-state index in [1.54, 1.807) is 0 Å². The number of aromatic nitrogens is 4. The summed E-state index contributed by atoms with van der Waals surface area (Å²) < 4.78 is 12.9. The summed E-state index contributed by atoms with van der Waals surface area (Å²) in [6.07, 6.45) is 2.12. The van der Waals surface area contributed by atoms with Gasteiger partial charge in [0.2, 0.25) is 0 Å². The number of hydrogen-bond donors (Lipinski definition) is 2. The predicted octanol–water partition coefficient (Wildman–Crippen LogP) is 1.58. The van der Waals surface area contributed by atoms with Gasteiger partial charge in [-0.15, -0.1) is 10.2 Å². The highest BCUT2D eigenvalue weighted by atomic mass is 16.5. The van der Waals surface area contributed by atoms with Crippen molar-refractivity contribution in [2.24, 2.45) is 12.0 Å². The number of nitrogens with zero attached hydrogens (tertiary/aromatic N) is 6. The lowest BCUT2D eigenvalue weighted by molar-refractivity contribution is 0.0389. The molecule has 0 aliphatic carbocycles. The van der Waals surface area contributed by atoms with E-state index in [1.807, 2.05) is 24.6 Å². The zero-order valence-corrected chi connectivity index (χ0v) is 19.2. The van der Waals surface area contributed by atoms with E-state index in [-0.39, 0.29) is 0 Å². The molecule has 0 radical (unpaired) electrons. The Morgan fingerprint density at radius 3 is 2.65 bits per heavy atom. The number of nitrogens with one attached hydrogen (secondary N) is 2. The van der Waals surface area contributed by atoms with E-state index in [2.05, 4.69) is 44.7 Å². The van der Waals surface area contributed by atoms with Crippen molar-refractivity contribution in [3.63, 3.8) is 0 Å². The Labute approximate surface area is 184 Å². The molecule has 3 rings (SSSR count). The number of aryl methyl sites for hydroxylation is 1. The minimum absolute atomic E-state index is 0.441. The van der Waals surface area contributed by atoms with Crippen LogP contribution < -0.4 is 10.6 Å². The van der Waals surface area contributed by atoms with Crippen molar-refractivity contribution in [3.8, 4) is 0 Å². The molecular weight excluding hydrogens is 396 g/mol. The van der Waals surface area contributed by atoms with Crippen molar-refractivity contribution in [3.05, 3.63) is 29.2 Å². The zero-order valence-electron chi connectivity index (χ0n) is 19.2. The third-order valence-electron chi connectivity index (χ3n) is 5.80. The van der Waals surface area contributed by atoms with E-state index in [1.165, 1.54) is 0 Å². The largest absolute Gasteiger partial charge is 0.379 e. The summed E-state index contributed by atoms with van der Waals surface area (Å²) in [4.78, 5) is 7.09. The SMILES string of the molecule is CCC(CC)c1cc(CNC(=NCc2nnc(C)n2C)NCCN2CCOCC2)on1. The van der Waals surface area contributed by atoms with Crippen LogP contribution in [0.3, 0.4) is 0 Å². The second-order valence-electron chi connectivity index (χ2n) is 7.85. The number of hydrogen-bond acceptors (Lipinski definition) is 7. The molecular formula is C21H36N8O2. The van der Waals surface area contributed by atoms with E-state index in [0.29, 0.717) is 19.0 Å². The van der Waals surface area contributed by atoms with Crippen molar-refractivity contribution in [2.45, 2.75) is 52.6 Å². The summed E-state index contributed by atoms with van der Waals surface area (Å²) in [5, 5.41) is 19.3.